The van der Waals surface area contributed by atoms with Gasteiger partial charge in [-0.2, -0.15) is 0 Å². The molecule has 1 atom stereocenters. The molecular formula is C18H20FN3O3. The van der Waals surface area contributed by atoms with E-state index in [9.17, 15) is 18.8 Å². The highest BCUT2D eigenvalue weighted by Crippen LogP contribution is 2.07. The minimum Gasteiger partial charge on any atom is -0.345 e. The number of hydrogen-bond donors (Lipinski definition) is 2. The van der Waals surface area contributed by atoms with Crippen LogP contribution in [0.2, 0.25) is 0 Å². The second-order valence-electron chi connectivity index (χ2n) is 5.70. The van der Waals surface area contributed by atoms with Crippen molar-refractivity contribution < 1.29 is 14.0 Å². The minimum absolute atomic E-state index is 0.186. The number of carbonyl (C=O) groups is 2. The standard InChI is InChI=1S/C18H20FN3O3/c1-3-22-11-15(7-8-16(22)23)21-18(25)17(24)20-12(2)9-13-5-4-6-14(19)10-13/h4-8,10-12H,3,9H2,1-2H3,(H,20,24)(H,21,25). The topological polar surface area (TPSA) is 80.2 Å². The predicted octanol–water partition coefficient (Wildman–Crippen LogP) is 1.69. The van der Waals surface area contributed by atoms with E-state index in [2.05, 4.69) is 10.6 Å². The zero-order valence-electron chi connectivity index (χ0n) is 14.1. The van der Waals surface area contributed by atoms with Gasteiger partial charge in [-0.05, 0) is 44.0 Å². The van der Waals surface area contributed by atoms with Crippen LogP contribution >= 0.6 is 0 Å². The molecule has 7 heteroatoms. The first-order valence-corrected chi connectivity index (χ1v) is 7.96. The third-order valence-electron chi connectivity index (χ3n) is 3.60. The van der Waals surface area contributed by atoms with Crippen molar-refractivity contribution in [1.82, 2.24) is 9.88 Å². The van der Waals surface area contributed by atoms with Gasteiger partial charge in [-0.25, -0.2) is 4.39 Å². The van der Waals surface area contributed by atoms with Crippen LogP contribution in [0.25, 0.3) is 0 Å². The highest BCUT2D eigenvalue weighted by atomic mass is 19.1. The Bertz CT molecular complexity index is 832. The van der Waals surface area contributed by atoms with E-state index in [0.29, 0.717) is 18.7 Å². The van der Waals surface area contributed by atoms with Gasteiger partial charge < -0.3 is 15.2 Å². The fourth-order valence-corrected chi connectivity index (χ4v) is 2.40. The van der Waals surface area contributed by atoms with Crippen LogP contribution in [0.4, 0.5) is 10.1 Å². The molecule has 0 saturated heterocycles. The Morgan fingerprint density at radius 3 is 2.64 bits per heavy atom. The summed E-state index contributed by atoms with van der Waals surface area (Å²) in [5.74, 6) is -1.97. The van der Waals surface area contributed by atoms with E-state index in [1.807, 2.05) is 0 Å². The van der Waals surface area contributed by atoms with Crippen LogP contribution in [0.5, 0.6) is 0 Å². The van der Waals surface area contributed by atoms with Gasteiger partial charge in [-0.1, -0.05) is 12.1 Å². The molecule has 0 bridgehead atoms. The molecule has 1 aromatic heterocycles. The molecule has 2 aromatic rings. The maximum atomic E-state index is 13.2. The monoisotopic (exact) mass is 345 g/mol. The molecular weight excluding hydrogens is 325 g/mol. The Morgan fingerprint density at radius 2 is 1.96 bits per heavy atom. The Balaban J connectivity index is 1.93. The highest BCUT2D eigenvalue weighted by molar-refractivity contribution is 6.39. The van der Waals surface area contributed by atoms with Crippen LogP contribution in [0.1, 0.15) is 19.4 Å². The Kier molecular flexibility index (Phi) is 6.05. The number of benzene rings is 1. The van der Waals surface area contributed by atoms with Gasteiger partial charge in [-0.15, -0.1) is 0 Å². The van der Waals surface area contributed by atoms with Crippen molar-refractivity contribution in [3.8, 4) is 0 Å². The van der Waals surface area contributed by atoms with Crippen LogP contribution in [0.3, 0.4) is 0 Å². The van der Waals surface area contributed by atoms with Gasteiger partial charge in [0.1, 0.15) is 5.82 Å². The summed E-state index contributed by atoms with van der Waals surface area (Å²) in [5, 5.41) is 5.02. The van der Waals surface area contributed by atoms with Crippen LogP contribution < -0.4 is 16.2 Å². The zero-order valence-corrected chi connectivity index (χ0v) is 14.1. The molecule has 0 aliphatic carbocycles. The van der Waals surface area contributed by atoms with Crippen LogP contribution in [0, 0.1) is 5.82 Å². The Labute approximate surface area is 144 Å². The lowest BCUT2D eigenvalue weighted by Gasteiger charge is -2.14. The number of halogens is 1. The van der Waals surface area contributed by atoms with Crippen molar-refractivity contribution in [3.05, 3.63) is 64.3 Å². The number of pyridine rings is 1. The molecule has 0 radical (unpaired) electrons. The molecule has 2 rings (SSSR count). The molecule has 0 saturated carbocycles. The van der Waals surface area contributed by atoms with Crippen LogP contribution in [-0.4, -0.2) is 22.4 Å². The molecule has 0 aliphatic rings. The molecule has 25 heavy (non-hydrogen) atoms. The zero-order chi connectivity index (χ0) is 18.4. The van der Waals surface area contributed by atoms with Gasteiger partial charge in [0.15, 0.2) is 0 Å². The number of nitrogens with one attached hydrogen (secondary N) is 2. The summed E-state index contributed by atoms with van der Waals surface area (Å²) in [6.45, 7) is 3.99. The van der Waals surface area contributed by atoms with Gasteiger partial charge in [0, 0.05) is 24.8 Å². The van der Waals surface area contributed by atoms with Crippen molar-refractivity contribution in [1.29, 1.82) is 0 Å². The summed E-state index contributed by atoms with van der Waals surface area (Å²) in [7, 11) is 0. The van der Waals surface area contributed by atoms with E-state index in [4.69, 9.17) is 0 Å². The number of carbonyl (C=O) groups excluding carboxylic acids is 2. The van der Waals surface area contributed by atoms with Crippen molar-refractivity contribution >= 4 is 17.5 Å². The lowest BCUT2D eigenvalue weighted by molar-refractivity contribution is -0.136. The van der Waals surface area contributed by atoms with Crippen molar-refractivity contribution in [2.45, 2.75) is 32.9 Å². The molecule has 6 nitrogen and oxygen atoms in total. The lowest BCUT2D eigenvalue weighted by Crippen LogP contribution is -2.41. The number of amides is 2. The summed E-state index contributed by atoms with van der Waals surface area (Å²) in [6, 6.07) is 8.49. The smallest absolute Gasteiger partial charge is 0.313 e. The van der Waals surface area contributed by atoms with Gasteiger partial charge in [0.25, 0.3) is 5.56 Å². The van der Waals surface area contributed by atoms with E-state index in [1.165, 1.54) is 35.0 Å². The number of aryl methyl sites for hydroxylation is 1. The van der Waals surface area contributed by atoms with Crippen LogP contribution in [-0.2, 0) is 22.6 Å². The summed E-state index contributed by atoms with van der Waals surface area (Å²) in [5.41, 5.74) is 0.899. The van der Waals surface area contributed by atoms with Gasteiger partial charge in [-0.3, -0.25) is 14.4 Å². The third kappa shape index (κ3) is 5.27. The first-order valence-electron chi connectivity index (χ1n) is 7.96. The largest absolute Gasteiger partial charge is 0.345 e. The molecule has 0 fully saturated rings. The average Bonchev–Trinajstić information content (AvgIpc) is 2.56. The SMILES string of the molecule is CCn1cc(NC(=O)C(=O)NC(C)Cc2cccc(F)c2)ccc1=O. The van der Waals surface area contributed by atoms with Gasteiger partial charge in [0.2, 0.25) is 0 Å². The third-order valence-corrected chi connectivity index (χ3v) is 3.60. The van der Waals surface area contributed by atoms with E-state index in [-0.39, 0.29) is 17.4 Å². The molecule has 2 N–H and O–H groups in total. The van der Waals surface area contributed by atoms with Crippen LogP contribution in [0.15, 0.2) is 47.4 Å². The first kappa shape index (κ1) is 18.4. The molecule has 1 heterocycles. The number of aromatic nitrogens is 1. The van der Waals surface area contributed by atoms with Crippen molar-refractivity contribution in [3.63, 3.8) is 0 Å². The molecule has 1 aromatic carbocycles. The fourth-order valence-electron chi connectivity index (χ4n) is 2.40. The van der Waals surface area contributed by atoms with Gasteiger partial charge in [0.05, 0.1) is 5.69 Å². The summed E-state index contributed by atoms with van der Waals surface area (Å²) >= 11 is 0. The van der Waals surface area contributed by atoms with E-state index in [0.717, 1.165) is 5.56 Å². The predicted molar refractivity (Wildman–Crippen MR) is 92.7 cm³/mol. The fraction of sp³-hybridized carbons (Fsp3) is 0.278. The average molecular weight is 345 g/mol. The van der Waals surface area contributed by atoms with Crippen molar-refractivity contribution in [2.75, 3.05) is 5.32 Å². The quantitative estimate of drug-likeness (QED) is 0.810. The number of hydrogen-bond acceptors (Lipinski definition) is 3. The first-order chi connectivity index (χ1) is 11.9. The number of rotatable bonds is 5. The lowest BCUT2D eigenvalue weighted by atomic mass is 10.1. The number of nitrogens with zero attached hydrogens (tertiary/aromatic N) is 1. The summed E-state index contributed by atoms with van der Waals surface area (Å²) in [6.07, 6.45) is 1.88. The molecule has 1 unspecified atom stereocenters. The maximum absolute atomic E-state index is 13.2. The normalized spacial score (nSPS) is 11.6. The second kappa shape index (κ2) is 8.23. The summed E-state index contributed by atoms with van der Waals surface area (Å²) in [4.78, 5) is 35.4. The minimum atomic E-state index is -0.826. The molecule has 0 spiro atoms. The van der Waals surface area contributed by atoms with E-state index >= 15 is 0 Å². The maximum Gasteiger partial charge on any atom is 0.313 e. The van der Waals surface area contributed by atoms with E-state index < -0.39 is 11.8 Å². The molecule has 132 valence electrons. The van der Waals surface area contributed by atoms with Gasteiger partial charge >= 0.3 is 11.8 Å². The Hall–Kier alpha value is -2.96. The second-order valence-corrected chi connectivity index (χ2v) is 5.70. The molecule has 0 aliphatic heterocycles. The van der Waals surface area contributed by atoms with E-state index in [1.54, 1.807) is 26.0 Å². The highest BCUT2D eigenvalue weighted by Gasteiger charge is 2.17. The number of anilines is 1. The Morgan fingerprint density at radius 1 is 1.20 bits per heavy atom. The summed E-state index contributed by atoms with van der Waals surface area (Å²) < 4.78 is 14.6. The van der Waals surface area contributed by atoms with Crippen molar-refractivity contribution in [2.24, 2.45) is 0 Å². The molecule has 2 amide bonds.